The number of thiophene rings is 1. The van der Waals surface area contributed by atoms with Crippen molar-refractivity contribution < 1.29 is 0 Å². The summed E-state index contributed by atoms with van der Waals surface area (Å²) in [5.41, 5.74) is 0.821. The smallest absolute Gasteiger partial charge is 0.266 e. The van der Waals surface area contributed by atoms with E-state index in [4.69, 9.17) is 0 Å². The van der Waals surface area contributed by atoms with Crippen LogP contribution >= 0.6 is 38.6 Å². The summed E-state index contributed by atoms with van der Waals surface area (Å²) in [4.78, 5) is 18.6. The lowest BCUT2D eigenvalue weighted by atomic mass is 10.2. The minimum absolute atomic E-state index is 0.141. The van der Waals surface area contributed by atoms with Gasteiger partial charge in [-0.25, -0.2) is 0 Å². The van der Waals surface area contributed by atoms with E-state index in [0.29, 0.717) is 15.3 Å². The Labute approximate surface area is 153 Å². The van der Waals surface area contributed by atoms with Crippen LogP contribution in [0.1, 0.15) is 16.3 Å². The van der Waals surface area contributed by atoms with Gasteiger partial charge in [0.05, 0.1) is 4.53 Å². The van der Waals surface area contributed by atoms with Crippen molar-refractivity contribution in [1.29, 1.82) is 0 Å². The van der Waals surface area contributed by atoms with Gasteiger partial charge in [-0.1, -0.05) is 45.5 Å². The van der Waals surface area contributed by atoms with Crippen LogP contribution in [-0.2, 0) is 0 Å². The zero-order valence-electron chi connectivity index (χ0n) is 12.2. The van der Waals surface area contributed by atoms with Crippen molar-refractivity contribution in [2.45, 2.75) is 0 Å². The topological polar surface area (TPSA) is 47.3 Å². The summed E-state index contributed by atoms with van der Waals surface area (Å²) in [6.45, 7) is 0. The number of hydrogen-bond acceptors (Lipinski definition) is 5. The van der Waals surface area contributed by atoms with Crippen LogP contribution in [0.4, 0.5) is 0 Å². The molecule has 0 spiro atoms. The van der Waals surface area contributed by atoms with Crippen LogP contribution in [-0.4, -0.2) is 14.6 Å². The number of hydrogen-bond donors (Lipinski definition) is 0. The van der Waals surface area contributed by atoms with Crippen molar-refractivity contribution in [2.24, 2.45) is 0 Å². The van der Waals surface area contributed by atoms with Gasteiger partial charge in [0, 0.05) is 9.35 Å². The van der Waals surface area contributed by atoms with E-state index >= 15 is 0 Å². The van der Waals surface area contributed by atoms with E-state index in [0.717, 1.165) is 14.9 Å². The molecule has 1 aromatic carbocycles. The lowest BCUT2D eigenvalue weighted by Gasteiger charge is -1.92. The summed E-state index contributed by atoms with van der Waals surface area (Å²) in [6.07, 6.45) is 5.63. The van der Waals surface area contributed by atoms with Gasteiger partial charge in [-0.15, -0.1) is 16.4 Å². The summed E-state index contributed by atoms with van der Waals surface area (Å²) in [6, 6.07) is 11.8. The number of halogens is 1. The second-order valence-electron chi connectivity index (χ2n) is 4.98. The molecule has 3 heterocycles. The molecule has 0 saturated carbocycles. The number of benzene rings is 1. The Morgan fingerprint density at radius 1 is 1.17 bits per heavy atom. The van der Waals surface area contributed by atoms with Gasteiger partial charge in [-0.3, -0.25) is 4.79 Å². The summed E-state index contributed by atoms with van der Waals surface area (Å²) in [5.74, 6) is 0.542. The molecule has 4 aromatic rings. The molecule has 0 bridgehead atoms. The molecule has 4 nitrogen and oxygen atoms in total. The fraction of sp³-hybridized carbons (Fsp3) is 0. The van der Waals surface area contributed by atoms with Crippen molar-refractivity contribution in [3.63, 3.8) is 0 Å². The second-order valence-corrected chi connectivity index (χ2v) is 7.89. The van der Waals surface area contributed by atoms with E-state index in [9.17, 15) is 4.79 Å². The number of nitrogens with zero attached hydrogens (tertiary/aromatic N) is 3. The molecule has 0 N–H and O–H groups in total. The third-order valence-electron chi connectivity index (χ3n) is 3.28. The fourth-order valence-corrected chi connectivity index (χ4v) is 4.16. The Hall–Kier alpha value is -2.09. The summed E-state index contributed by atoms with van der Waals surface area (Å²) in [7, 11) is 0. The molecule has 0 fully saturated rings. The lowest BCUT2D eigenvalue weighted by Crippen LogP contribution is -2.23. The molecule has 4 rings (SSSR count). The summed E-state index contributed by atoms with van der Waals surface area (Å²) < 4.78 is 2.96. The molecule has 118 valence electrons. The maximum Gasteiger partial charge on any atom is 0.291 e. The Bertz CT molecular complexity index is 1140. The minimum atomic E-state index is -0.141. The molecule has 0 aliphatic carbocycles. The first kappa shape index (κ1) is 15.4. The van der Waals surface area contributed by atoms with Gasteiger partial charge in [-0.05, 0) is 47.4 Å². The monoisotopic (exact) mass is 415 g/mol. The van der Waals surface area contributed by atoms with E-state index in [1.165, 1.54) is 15.9 Å². The molecule has 7 heteroatoms. The molecule has 0 aliphatic heterocycles. The first-order valence-corrected chi connectivity index (χ1v) is 9.56. The van der Waals surface area contributed by atoms with Gasteiger partial charge in [0.15, 0.2) is 5.82 Å². The van der Waals surface area contributed by atoms with Crippen LogP contribution < -0.4 is 10.1 Å². The molecular weight excluding hydrogens is 406 g/mol. The van der Waals surface area contributed by atoms with Crippen LogP contribution in [0.3, 0.4) is 0 Å². The molecule has 0 unspecified atom stereocenters. The predicted molar refractivity (Wildman–Crippen MR) is 103 cm³/mol. The molecule has 0 saturated heterocycles. The Morgan fingerprint density at radius 3 is 2.83 bits per heavy atom. The largest absolute Gasteiger partial charge is 0.291 e. The van der Waals surface area contributed by atoms with Crippen LogP contribution in [0, 0.1) is 0 Å². The van der Waals surface area contributed by atoms with E-state index < -0.39 is 0 Å². The van der Waals surface area contributed by atoms with Crippen molar-refractivity contribution >= 4 is 61.8 Å². The summed E-state index contributed by atoms with van der Waals surface area (Å²) in [5, 5.41) is 6.30. The third-order valence-corrected chi connectivity index (χ3v) is 5.57. The maximum atomic E-state index is 12.5. The number of rotatable bonds is 3. The highest BCUT2D eigenvalue weighted by Gasteiger charge is 2.08. The first-order chi connectivity index (χ1) is 11.7. The number of fused-ring (bicyclic) bond motifs is 1. The van der Waals surface area contributed by atoms with E-state index in [-0.39, 0.29) is 5.56 Å². The Kier molecular flexibility index (Phi) is 4.13. The molecule has 0 amide bonds. The highest BCUT2D eigenvalue weighted by atomic mass is 79.9. The van der Waals surface area contributed by atoms with Crippen molar-refractivity contribution in [1.82, 2.24) is 14.6 Å². The third kappa shape index (κ3) is 3.10. The molecule has 3 aromatic heterocycles. The van der Waals surface area contributed by atoms with Gasteiger partial charge in [0.1, 0.15) is 0 Å². The van der Waals surface area contributed by atoms with Crippen molar-refractivity contribution in [3.05, 3.63) is 77.4 Å². The van der Waals surface area contributed by atoms with Crippen LogP contribution in [0.5, 0.6) is 0 Å². The minimum Gasteiger partial charge on any atom is -0.266 e. The number of thiazole rings is 1. The zero-order valence-corrected chi connectivity index (χ0v) is 15.4. The first-order valence-electron chi connectivity index (χ1n) is 7.07. The predicted octanol–water partition coefficient (Wildman–Crippen LogP) is 3.69. The second kappa shape index (κ2) is 6.43. The SMILES string of the molecule is O=c1c(=Cc2cccc(Br)c2)sc2nc(C=Cc3cccs3)nn12. The average molecular weight is 416 g/mol. The van der Waals surface area contributed by atoms with Crippen molar-refractivity contribution in [2.75, 3.05) is 0 Å². The normalized spacial score (nSPS) is 12.6. The van der Waals surface area contributed by atoms with Gasteiger partial charge in [0.2, 0.25) is 4.96 Å². The highest BCUT2D eigenvalue weighted by Crippen LogP contribution is 2.14. The Morgan fingerprint density at radius 2 is 2.08 bits per heavy atom. The standard InChI is InChI=1S/C17H10BrN3OS2/c18-12-4-1-3-11(9-12)10-14-16(22)21-17(24-14)19-15(20-21)7-6-13-5-2-8-23-13/h1-10H. The van der Waals surface area contributed by atoms with Gasteiger partial charge < -0.3 is 0 Å². The van der Waals surface area contributed by atoms with E-state index in [1.54, 1.807) is 11.3 Å². The lowest BCUT2D eigenvalue weighted by molar-refractivity contribution is 0.925. The molecular formula is C17H10BrN3OS2. The highest BCUT2D eigenvalue weighted by molar-refractivity contribution is 9.10. The Balaban J connectivity index is 1.72. The molecule has 0 atom stereocenters. The molecule has 24 heavy (non-hydrogen) atoms. The van der Waals surface area contributed by atoms with Gasteiger partial charge in [0.25, 0.3) is 5.56 Å². The van der Waals surface area contributed by atoms with Crippen molar-refractivity contribution in [3.8, 4) is 0 Å². The maximum absolute atomic E-state index is 12.5. The zero-order chi connectivity index (χ0) is 16.5. The van der Waals surface area contributed by atoms with Crippen LogP contribution in [0.2, 0.25) is 0 Å². The quantitative estimate of drug-likeness (QED) is 0.512. The number of aromatic nitrogens is 3. The van der Waals surface area contributed by atoms with Gasteiger partial charge >= 0.3 is 0 Å². The van der Waals surface area contributed by atoms with E-state index in [2.05, 4.69) is 26.0 Å². The molecule has 0 radical (unpaired) electrons. The average Bonchev–Trinajstić information content (AvgIpc) is 3.25. The van der Waals surface area contributed by atoms with Gasteiger partial charge in [-0.2, -0.15) is 9.50 Å². The van der Waals surface area contributed by atoms with E-state index in [1.807, 2.05) is 60.0 Å². The van der Waals surface area contributed by atoms with Crippen LogP contribution in [0.15, 0.2) is 51.0 Å². The molecule has 0 aliphatic rings. The summed E-state index contributed by atoms with van der Waals surface area (Å²) >= 11 is 6.42. The fourth-order valence-electron chi connectivity index (χ4n) is 2.21. The van der Waals surface area contributed by atoms with Crippen LogP contribution in [0.25, 0.3) is 23.2 Å².